The van der Waals surface area contributed by atoms with E-state index in [9.17, 15) is 4.79 Å². The SMILES string of the molecule is CCc1nc(C2CCCN2C(=O)c2cc(C)nn2CC)no1. The van der Waals surface area contributed by atoms with Crippen molar-refractivity contribution in [3.63, 3.8) is 0 Å². The topological polar surface area (TPSA) is 77.1 Å². The first-order valence-electron chi connectivity index (χ1n) is 7.82. The van der Waals surface area contributed by atoms with Gasteiger partial charge in [-0.25, -0.2) is 0 Å². The minimum atomic E-state index is -0.0999. The van der Waals surface area contributed by atoms with Crippen LogP contribution in [0, 0.1) is 6.92 Å². The molecular formula is C15H21N5O2. The molecule has 0 aliphatic carbocycles. The summed E-state index contributed by atoms with van der Waals surface area (Å²) in [5.41, 5.74) is 1.49. The Labute approximate surface area is 129 Å². The third kappa shape index (κ3) is 2.51. The number of nitrogens with zero attached hydrogens (tertiary/aromatic N) is 5. The van der Waals surface area contributed by atoms with Crippen molar-refractivity contribution >= 4 is 5.91 Å². The predicted octanol–water partition coefficient (Wildman–Crippen LogP) is 2.13. The number of likely N-dealkylation sites (tertiary alicyclic amines) is 1. The van der Waals surface area contributed by atoms with Crippen molar-refractivity contribution in [3.05, 3.63) is 29.2 Å². The van der Waals surface area contributed by atoms with Crippen LogP contribution in [-0.4, -0.2) is 37.3 Å². The molecule has 1 fully saturated rings. The average molecular weight is 303 g/mol. The molecule has 7 heteroatoms. The van der Waals surface area contributed by atoms with Crippen molar-refractivity contribution in [2.24, 2.45) is 0 Å². The Morgan fingerprint density at radius 3 is 2.95 bits per heavy atom. The fraction of sp³-hybridized carbons (Fsp3) is 0.600. The van der Waals surface area contributed by atoms with E-state index in [-0.39, 0.29) is 11.9 Å². The summed E-state index contributed by atoms with van der Waals surface area (Å²) in [4.78, 5) is 19.1. The number of rotatable bonds is 4. The van der Waals surface area contributed by atoms with E-state index in [0.717, 1.165) is 18.5 Å². The summed E-state index contributed by atoms with van der Waals surface area (Å²) in [6, 6.07) is 1.74. The molecule has 0 bridgehead atoms. The summed E-state index contributed by atoms with van der Waals surface area (Å²) in [5, 5.41) is 8.40. The van der Waals surface area contributed by atoms with Crippen LogP contribution >= 0.6 is 0 Å². The number of amides is 1. The second kappa shape index (κ2) is 5.90. The highest BCUT2D eigenvalue weighted by molar-refractivity contribution is 5.93. The summed E-state index contributed by atoms with van der Waals surface area (Å²) >= 11 is 0. The quantitative estimate of drug-likeness (QED) is 0.864. The van der Waals surface area contributed by atoms with Crippen molar-refractivity contribution in [2.75, 3.05) is 6.54 Å². The van der Waals surface area contributed by atoms with Crippen molar-refractivity contribution in [3.8, 4) is 0 Å². The van der Waals surface area contributed by atoms with Gasteiger partial charge in [0, 0.05) is 19.5 Å². The van der Waals surface area contributed by atoms with Gasteiger partial charge in [0.1, 0.15) is 5.69 Å². The van der Waals surface area contributed by atoms with Gasteiger partial charge in [0.2, 0.25) is 5.89 Å². The van der Waals surface area contributed by atoms with Gasteiger partial charge in [-0.3, -0.25) is 9.48 Å². The highest BCUT2D eigenvalue weighted by atomic mass is 16.5. The first kappa shape index (κ1) is 14.7. The lowest BCUT2D eigenvalue weighted by molar-refractivity contribution is 0.0715. The number of carbonyl (C=O) groups excluding carboxylic acids is 1. The average Bonchev–Trinajstić information content (AvgIpc) is 3.24. The van der Waals surface area contributed by atoms with E-state index in [1.807, 2.05) is 31.7 Å². The minimum absolute atomic E-state index is 0.00667. The van der Waals surface area contributed by atoms with E-state index >= 15 is 0 Å². The lowest BCUT2D eigenvalue weighted by Crippen LogP contribution is -2.32. The van der Waals surface area contributed by atoms with Crippen LogP contribution in [-0.2, 0) is 13.0 Å². The van der Waals surface area contributed by atoms with Crippen LogP contribution in [0.25, 0.3) is 0 Å². The van der Waals surface area contributed by atoms with Gasteiger partial charge in [-0.2, -0.15) is 10.1 Å². The molecule has 3 rings (SSSR count). The third-order valence-electron chi connectivity index (χ3n) is 4.02. The molecule has 0 saturated carbocycles. The molecule has 1 saturated heterocycles. The first-order chi connectivity index (χ1) is 10.6. The van der Waals surface area contributed by atoms with E-state index in [1.54, 1.807) is 4.68 Å². The highest BCUT2D eigenvalue weighted by Crippen LogP contribution is 2.31. The largest absolute Gasteiger partial charge is 0.339 e. The molecule has 22 heavy (non-hydrogen) atoms. The number of aromatic nitrogens is 4. The van der Waals surface area contributed by atoms with Crippen LogP contribution < -0.4 is 0 Å². The molecule has 3 heterocycles. The zero-order chi connectivity index (χ0) is 15.7. The molecule has 0 radical (unpaired) electrons. The van der Waals surface area contributed by atoms with Crippen molar-refractivity contribution < 1.29 is 9.32 Å². The van der Waals surface area contributed by atoms with Gasteiger partial charge in [-0.15, -0.1) is 0 Å². The van der Waals surface area contributed by atoms with Gasteiger partial charge >= 0.3 is 0 Å². The van der Waals surface area contributed by atoms with Gasteiger partial charge in [-0.1, -0.05) is 12.1 Å². The Balaban J connectivity index is 1.87. The van der Waals surface area contributed by atoms with Crippen molar-refractivity contribution in [2.45, 2.75) is 52.6 Å². The fourth-order valence-electron chi connectivity index (χ4n) is 2.93. The van der Waals surface area contributed by atoms with Crippen LogP contribution in [0.4, 0.5) is 0 Å². The van der Waals surface area contributed by atoms with Gasteiger partial charge in [0.25, 0.3) is 5.91 Å². The minimum Gasteiger partial charge on any atom is -0.339 e. The Hall–Kier alpha value is -2.18. The van der Waals surface area contributed by atoms with E-state index in [4.69, 9.17) is 4.52 Å². The Kier molecular flexibility index (Phi) is 3.96. The van der Waals surface area contributed by atoms with Gasteiger partial charge in [-0.05, 0) is 32.8 Å². The maximum Gasteiger partial charge on any atom is 0.272 e. The lowest BCUT2D eigenvalue weighted by atomic mass is 10.2. The van der Waals surface area contributed by atoms with Crippen LogP contribution in [0.3, 0.4) is 0 Å². The molecule has 7 nitrogen and oxygen atoms in total. The highest BCUT2D eigenvalue weighted by Gasteiger charge is 2.35. The molecular weight excluding hydrogens is 282 g/mol. The molecule has 2 aromatic heterocycles. The Morgan fingerprint density at radius 1 is 1.45 bits per heavy atom. The maximum absolute atomic E-state index is 12.9. The second-order valence-corrected chi connectivity index (χ2v) is 5.54. The molecule has 118 valence electrons. The van der Waals surface area contributed by atoms with Crippen molar-refractivity contribution in [1.29, 1.82) is 0 Å². The van der Waals surface area contributed by atoms with Gasteiger partial charge in [0.15, 0.2) is 5.82 Å². The van der Waals surface area contributed by atoms with E-state index in [2.05, 4.69) is 15.2 Å². The lowest BCUT2D eigenvalue weighted by Gasteiger charge is -2.22. The summed E-state index contributed by atoms with van der Waals surface area (Å²) in [5.74, 6) is 1.22. The summed E-state index contributed by atoms with van der Waals surface area (Å²) < 4.78 is 6.94. The first-order valence-corrected chi connectivity index (χ1v) is 7.82. The Bertz CT molecular complexity index is 675. The molecule has 1 atom stereocenters. The zero-order valence-electron chi connectivity index (χ0n) is 13.2. The summed E-state index contributed by atoms with van der Waals surface area (Å²) in [6.45, 7) is 7.25. The maximum atomic E-state index is 12.9. The van der Waals surface area contributed by atoms with Crippen LogP contribution in [0.2, 0.25) is 0 Å². The summed E-state index contributed by atoms with van der Waals surface area (Å²) in [7, 11) is 0. The standard InChI is InChI=1S/C15H21N5O2/c1-4-13-16-14(18-22-13)11-7-6-8-19(11)15(21)12-9-10(3)17-20(12)5-2/h9,11H,4-8H2,1-3H3. The smallest absolute Gasteiger partial charge is 0.272 e. The second-order valence-electron chi connectivity index (χ2n) is 5.54. The number of carbonyl (C=O) groups is 1. The molecule has 0 spiro atoms. The normalized spacial score (nSPS) is 18.1. The summed E-state index contributed by atoms with van der Waals surface area (Å²) in [6.07, 6.45) is 2.52. The van der Waals surface area contributed by atoms with Gasteiger partial charge in [0.05, 0.1) is 11.7 Å². The van der Waals surface area contributed by atoms with Crippen LogP contribution in [0.1, 0.15) is 60.6 Å². The number of aryl methyl sites for hydroxylation is 3. The molecule has 0 N–H and O–H groups in total. The third-order valence-corrected chi connectivity index (χ3v) is 4.02. The van der Waals surface area contributed by atoms with Crippen molar-refractivity contribution in [1.82, 2.24) is 24.8 Å². The fourth-order valence-corrected chi connectivity index (χ4v) is 2.93. The number of hydrogen-bond acceptors (Lipinski definition) is 5. The zero-order valence-corrected chi connectivity index (χ0v) is 13.2. The molecule has 2 aromatic rings. The van der Waals surface area contributed by atoms with Crippen LogP contribution in [0.5, 0.6) is 0 Å². The molecule has 1 aliphatic rings. The Morgan fingerprint density at radius 2 is 2.27 bits per heavy atom. The van der Waals surface area contributed by atoms with E-state index in [0.29, 0.717) is 36.9 Å². The molecule has 1 unspecified atom stereocenters. The van der Waals surface area contributed by atoms with Gasteiger partial charge < -0.3 is 9.42 Å². The van der Waals surface area contributed by atoms with Crippen LogP contribution in [0.15, 0.2) is 10.6 Å². The molecule has 1 aliphatic heterocycles. The molecule has 0 aromatic carbocycles. The molecule has 1 amide bonds. The van der Waals surface area contributed by atoms with E-state index < -0.39 is 0 Å². The predicted molar refractivity (Wildman–Crippen MR) is 79.3 cm³/mol. The van der Waals surface area contributed by atoms with E-state index in [1.165, 1.54) is 0 Å². The monoisotopic (exact) mass is 303 g/mol. The number of hydrogen-bond donors (Lipinski definition) is 0.